The lowest BCUT2D eigenvalue weighted by molar-refractivity contribution is 1.54. The van der Waals surface area contributed by atoms with Crippen molar-refractivity contribution < 1.29 is 0 Å². The van der Waals surface area contributed by atoms with Gasteiger partial charge in [-0.1, -0.05) is 18.2 Å². The molecule has 1 nitrogen and oxygen atoms in total. The van der Waals surface area contributed by atoms with Crippen LogP contribution in [0.3, 0.4) is 0 Å². The number of hydrogen-bond donors (Lipinski definition) is 1. The topological polar surface area (TPSA) is 26.0 Å². The van der Waals surface area contributed by atoms with E-state index in [9.17, 15) is 0 Å². The van der Waals surface area contributed by atoms with E-state index in [1.165, 1.54) is 11.1 Å². The van der Waals surface area contributed by atoms with E-state index in [0.717, 1.165) is 5.69 Å². The second-order valence-corrected chi connectivity index (χ2v) is 2.59. The van der Waals surface area contributed by atoms with E-state index >= 15 is 0 Å². The summed E-state index contributed by atoms with van der Waals surface area (Å²) in [5.41, 5.74) is 8.89. The van der Waals surface area contributed by atoms with E-state index in [4.69, 9.17) is 5.73 Å². The monoisotopic (exact) mass is 147 g/mol. The molecule has 0 bridgehead atoms. The molecule has 0 atom stereocenters. The van der Waals surface area contributed by atoms with Crippen LogP contribution in [0.1, 0.15) is 19.4 Å². The number of benzene rings is 1. The van der Waals surface area contributed by atoms with Gasteiger partial charge in [0.05, 0.1) is 0 Å². The fourth-order valence-corrected chi connectivity index (χ4v) is 0.913. The number of rotatable bonds is 1. The van der Waals surface area contributed by atoms with Crippen LogP contribution in [-0.2, 0) is 0 Å². The summed E-state index contributed by atoms with van der Waals surface area (Å²) in [4.78, 5) is 0. The molecule has 0 saturated heterocycles. The van der Waals surface area contributed by atoms with E-state index in [2.05, 4.69) is 13.0 Å². The van der Waals surface area contributed by atoms with Crippen molar-refractivity contribution in [1.29, 1.82) is 0 Å². The first-order valence-corrected chi connectivity index (χ1v) is 3.73. The zero-order chi connectivity index (χ0) is 8.27. The molecule has 0 amide bonds. The molecule has 0 aromatic heterocycles. The fraction of sp³-hybridized carbons (Fsp3) is 0.200. The molecule has 0 heterocycles. The summed E-state index contributed by atoms with van der Waals surface area (Å²) in [6.45, 7) is 4.12. The summed E-state index contributed by atoms with van der Waals surface area (Å²) < 4.78 is 0. The van der Waals surface area contributed by atoms with E-state index < -0.39 is 0 Å². The van der Waals surface area contributed by atoms with Gasteiger partial charge in [-0.3, -0.25) is 0 Å². The Kier molecular flexibility index (Phi) is 2.32. The standard InChI is InChI=1S/C10H13N/c1-3-8(2)9-4-6-10(11)7-5-9/h3-7H,11H2,1-2H3. The van der Waals surface area contributed by atoms with Crippen LogP contribution in [0.2, 0.25) is 0 Å². The van der Waals surface area contributed by atoms with E-state index in [0.29, 0.717) is 0 Å². The van der Waals surface area contributed by atoms with Crippen molar-refractivity contribution in [3.63, 3.8) is 0 Å². The van der Waals surface area contributed by atoms with Gasteiger partial charge in [-0.05, 0) is 37.1 Å². The van der Waals surface area contributed by atoms with Crippen LogP contribution in [0.5, 0.6) is 0 Å². The van der Waals surface area contributed by atoms with Crippen LogP contribution in [0.4, 0.5) is 5.69 Å². The minimum absolute atomic E-state index is 0.817. The molecule has 1 aromatic rings. The molecule has 1 rings (SSSR count). The highest BCUT2D eigenvalue weighted by atomic mass is 14.5. The van der Waals surface area contributed by atoms with Crippen molar-refractivity contribution in [3.8, 4) is 0 Å². The summed E-state index contributed by atoms with van der Waals surface area (Å²) in [5, 5.41) is 0. The van der Waals surface area contributed by atoms with Gasteiger partial charge in [-0.2, -0.15) is 0 Å². The molecule has 0 fully saturated rings. The molecule has 0 aliphatic carbocycles. The molecule has 0 unspecified atom stereocenters. The summed E-state index contributed by atoms with van der Waals surface area (Å²) in [6, 6.07) is 7.90. The van der Waals surface area contributed by atoms with E-state index in [1.54, 1.807) is 0 Å². The largest absolute Gasteiger partial charge is 0.399 e. The van der Waals surface area contributed by atoms with Crippen LogP contribution >= 0.6 is 0 Å². The predicted octanol–water partition coefficient (Wildman–Crippen LogP) is 2.69. The first-order chi connectivity index (χ1) is 5.24. The molecule has 2 N–H and O–H groups in total. The van der Waals surface area contributed by atoms with Crippen molar-refractivity contribution in [2.45, 2.75) is 13.8 Å². The Balaban J connectivity index is 2.99. The first kappa shape index (κ1) is 7.86. The number of anilines is 1. The van der Waals surface area contributed by atoms with Crippen molar-refractivity contribution >= 4 is 11.3 Å². The smallest absolute Gasteiger partial charge is 0.0314 e. The van der Waals surface area contributed by atoms with Gasteiger partial charge in [0, 0.05) is 5.69 Å². The Morgan fingerprint density at radius 3 is 2.27 bits per heavy atom. The van der Waals surface area contributed by atoms with Crippen molar-refractivity contribution in [2.24, 2.45) is 0 Å². The second-order valence-electron chi connectivity index (χ2n) is 2.59. The van der Waals surface area contributed by atoms with Crippen molar-refractivity contribution in [1.82, 2.24) is 0 Å². The van der Waals surface area contributed by atoms with Crippen LogP contribution in [-0.4, -0.2) is 0 Å². The minimum Gasteiger partial charge on any atom is -0.399 e. The molecule has 58 valence electrons. The Labute approximate surface area is 67.5 Å². The molecule has 0 spiro atoms. The minimum atomic E-state index is 0.817. The van der Waals surface area contributed by atoms with Crippen LogP contribution in [0.25, 0.3) is 5.57 Å². The molecule has 1 aromatic carbocycles. The van der Waals surface area contributed by atoms with Crippen LogP contribution in [0.15, 0.2) is 30.3 Å². The lowest BCUT2D eigenvalue weighted by atomic mass is 10.1. The summed E-state index contributed by atoms with van der Waals surface area (Å²) in [5.74, 6) is 0. The normalized spacial score (nSPS) is 11.6. The number of nitrogen functional groups attached to an aromatic ring is 1. The molecule has 0 aliphatic heterocycles. The average Bonchev–Trinajstić information content (AvgIpc) is 2.05. The zero-order valence-electron chi connectivity index (χ0n) is 6.96. The summed E-state index contributed by atoms with van der Waals surface area (Å²) in [6.07, 6.45) is 2.09. The Morgan fingerprint density at radius 1 is 1.27 bits per heavy atom. The van der Waals surface area contributed by atoms with E-state index in [1.807, 2.05) is 31.2 Å². The highest BCUT2D eigenvalue weighted by Crippen LogP contribution is 2.14. The summed E-state index contributed by atoms with van der Waals surface area (Å²) >= 11 is 0. The third-order valence-electron chi connectivity index (χ3n) is 1.80. The van der Waals surface area contributed by atoms with Gasteiger partial charge in [0.2, 0.25) is 0 Å². The summed E-state index contributed by atoms with van der Waals surface area (Å²) in [7, 11) is 0. The van der Waals surface area contributed by atoms with E-state index in [-0.39, 0.29) is 0 Å². The van der Waals surface area contributed by atoms with Gasteiger partial charge in [0.25, 0.3) is 0 Å². The van der Waals surface area contributed by atoms with Gasteiger partial charge >= 0.3 is 0 Å². The van der Waals surface area contributed by atoms with Gasteiger partial charge in [0.15, 0.2) is 0 Å². The first-order valence-electron chi connectivity index (χ1n) is 3.73. The SMILES string of the molecule is CC=C(C)c1ccc(N)cc1. The maximum Gasteiger partial charge on any atom is 0.0314 e. The van der Waals surface area contributed by atoms with Gasteiger partial charge in [-0.15, -0.1) is 0 Å². The van der Waals surface area contributed by atoms with Crippen LogP contribution < -0.4 is 5.73 Å². The number of hydrogen-bond acceptors (Lipinski definition) is 1. The lowest BCUT2D eigenvalue weighted by Crippen LogP contribution is -1.84. The molecule has 1 heteroatoms. The molecular formula is C10H13N. The molecule has 0 saturated carbocycles. The van der Waals surface area contributed by atoms with Crippen molar-refractivity contribution in [2.75, 3.05) is 5.73 Å². The zero-order valence-corrected chi connectivity index (χ0v) is 6.96. The van der Waals surface area contributed by atoms with Gasteiger partial charge in [-0.25, -0.2) is 0 Å². The van der Waals surface area contributed by atoms with Crippen molar-refractivity contribution in [3.05, 3.63) is 35.9 Å². The number of nitrogens with two attached hydrogens (primary N) is 1. The maximum atomic E-state index is 5.55. The lowest BCUT2D eigenvalue weighted by Gasteiger charge is -1.99. The predicted molar refractivity (Wildman–Crippen MR) is 50.2 cm³/mol. The quantitative estimate of drug-likeness (QED) is 0.607. The average molecular weight is 147 g/mol. The Hall–Kier alpha value is -1.24. The fourth-order valence-electron chi connectivity index (χ4n) is 0.913. The third-order valence-corrected chi connectivity index (χ3v) is 1.80. The molecule has 0 radical (unpaired) electrons. The highest BCUT2D eigenvalue weighted by molar-refractivity contribution is 5.64. The second kappa shape index (κ2) is 3.24. The van der Waals surface area contributed by atoms with Gasteiger partial charge in [0.1, 0.15) is 0 Å². The molecular weight excluding hydrogens is 134 g/mol. The molecule has 0 aliphatic rings. The Bertz CT molecular complexity index is 257. The third kappa shape index (κ3) is 1.84. The maximum absolute atomic E-state index is 5.55. The van der Waals surface area contributed by atoms with Crippen LogP contribution in [0, 0.1) is 0 Å². The van der Waals surface area contributed by atoms with Gasteiger partial charge < -0.3 is 5.73 Å². The Morgan fingerprint density at radius 2 is 1.82 bits per heavy atom. The molecule has 11 heavy (non-hydrogen) atoms. The highest BCUT2D eigenvalue weighted by Gasteiger charge is 1.91. The number of allylic oxidation sites excluding steroid dienone is 2.